The Bertz CT molecular complexity index is 784. The van der Waals surface area contributed by atoms with Gasteiger partial charge < -0.3 is 18.9 Å². The molecular weight excluding hydrogens is 356 g/mol. The number of ether oxygens (including phenoxy) is 4. The molecule has 1 aliphatic carbocycles. The molecule has 3 rings (SSSR count). The highest BCUT2D eigenvalue weighted by Crippen LogP contribution is 2.45. The van der Waals surface area contributed by atoms with Crippen molar-refractivity contribution in [3.63, 3.8) is 0 Å². The smallest absolute Gasteiger partial charge is 0.188 e. The van der Waals surface area contributed by atoms with Gasteiger partial charge in [0.2, 0.25) is 0 Å². The highest BCUT2D eigenvalue weighted by atomic mass is 16.7. The fourth-order valence-corrected chi connectivity index (χ4v) is 3.86. The van der Waals surface area contributed by atoms with Gasteiger partial charge >= 0.3 is 0 Å². The van der Waals surface area contributed by atoms with Gasteiger partial charge in [0.05, 0.1) is 0 Å². The number of hydrogen-bond donors (Lipinski definition) is 0. The average Bonchev–Trinajstić information content (AvgIpc) is 3.20. The number of rotatable bonds is 9. The third-order valence-electron chi connectivity index (χ3n) is 5.25. The fraction of sp³-hybridized carbons (Fsp3) is 0.435. The molecule has 28 heavy (non-hydrogen) atoms. The molecule has 0 spiro atoms. The number of aryl methyl sites for hydroxylation is 1. The van der Waals surface area contributed by atoms with Crippen molar-refractivity contribution in [1.82, 2.24) is 0 Å². The first kappa shape index (κ1) is 20.4. The Balaban J connectivity index is 1.89. The third kappa shape index (κ3) is 4.72. The van der Waals surface area contributed by atoms with Crippen LogP contribution in [0.25, 0.3) is 0 Å². The summed E-state index contributed by atoms with van der Waals surface area (Å²) in [5.74, 6) is 1.66. The largest absolute Gasteiger partial charge is 0.468 e. The van der Waals surface area contributed by atoms with Crippen molar-refractivity contribution >= 4 is 5.78 Å². The molecule has 5 nitrogen and oxygen atoms in total. The van der Waals surface area contributed by atoms with Crippen molar-refractivity contribution in [2.75, 3.05) is 27.8 Å². The molecule has 0 aliphatic heterocycles. The van der Waals surface area contributed by atoms with Gasteiger partial charge in [0.15, 0.2) is 19.4 Å². The van der Waals surface area contributed by atoms with Gasteiger partial charge in [-0.1, -0.05) is 36.2 Å². The van der Waals surface area contributed by atoms with Gasteiger partial charge in [-0.2, -0.15) is 0 Å². The molecule has 0 saturated heterocycles. The molecule has 0 amide bonds. The van der Waals surface area contributed by atoms with Gasteiger partial charge in [0.25, 0.3) is 0 Å². The molecule has 2 unspecified atom stereocenters. The number of carbonyl (C=O) groups is 1. The Morgan fingerprint density at radius 1 is 0.964 bits per heavy atom. The van der Waals surface area contributed by atoms with Gasteiger partial charge in [0.1, 0.15) is 11.5 Å². The molecule has 1 aliphatic rings. The zero-order chi connectivity index (χ0) is 19.9. The monoisotopic (exact) mass is 384 g/mol. The van der Waals surface area contributed by atoms with Crippen molar-refractivity contribution < 1.29 is 23.7 Å². The summed E-state index contributed by atoms with van der Waals surface area (Å²) >= 11 is 0. The first-order chi connectivity index (χ1) is 13.6. The van der Waals surface area contributed by atoms with Crippen molar-refractivity contribution in [1.29, 1.82) is 0 Å². The minimum Gasteiger partial charge on any atom is -0.468 e. The molecule has 0 N–H and O–H groups in total. The summed E-state index contributed by atoms with van der Waals surface area (Å²) in [5, 5.41) is 0. The van der Waals surface area contributed by atoms with E-state index in [-0.39, 0.29) is 31.2 Å². The number of Topliss-reactive ketones (excluding diaryl/α,β-unsaturated/α-hetero) is 1. The summed E-state index contributed by atoms with van der Waals surface area (Å²) in [4.78, 5) is 13.2. The standard InChI is InChI=1S/C23H28O5/c1-16-7-9-17(10-8-16)23(24)20-6-4-5-19(20)21-13-18(27-14-25-2)11-12-22(21)28-15-26-3/h7-13,19-20H,4-6,14-15H2,1-3H3. The van der Waals surface area contributed by atoms with Crippen molar-refractivity contribution in [3.8, 4) is 11.5 Å². The quantitative estimate of drug-likeness (QED) is 0.462. The second kappa shape index (κ2) is 9.71. The summed E-state index contributed by atoms with van der Waals surface area (Å²) in [6.07, 6.45) is 2.84. The van der Waals surface area contributed by atoms with Crippen LogP contribution in [0.2, 0.25) is 0 Å². The molecule has 5 heteroatoms. The van der Waals surface area contributed by atoms with Crippen LogP contribution in [-0.2, 0) is 9.47 Å². The first-order valence-corrected chi connectivity index (χ1v) is 9.62. The second-order valence-corrected chi connectivity index (χ2v) is 7.18. The number of ketones is 1. The Kier molecular flexibility index (Phi) is 7.06. The zero-order valence-corrected chi connectivity index (χ0v) is 16.8. The molecule has 1 saturated carbocycles. The lowest BCUT2D eigenvalue weighted by Gasteiger charge is -2.22. The minimum absolute atomic E-state index is 0.0646. The number of benzene rings is 2. The Morgan fingerprint density at radius 2 is 1.68 bits per heavy atom. The molecule has 2 atom stereocenters. The SMILES string of the molecule is COCOc1ccc(OCOC)c(C2CCCC2C(=O)c2ccc(C)cc2)c1. The number of hydrogen-bond acceptors (Lipinski definition) is 5. The van der Waals surface area contributed by atoms with E-state index >= 15 is 0 Å². The summed E-state index contributed by atoms with van der Waals surface area (Å²) < 4.78 is 21.5. The summed E-state index contributed by atoms with van der Waals surface area (Å²) in [7, 11) is 3.18. The minimum atomic E-state index is -0.0646. The lowest BCUT2D eigenvalue weighted by molar-refractivity contribution is 0.0473. The molecule has 2 aromatic carbocycles. The second-order valence-electron chi connectivity index (χ2n) is 7.18. The Labute approximate surface area is 166 Å². The molecule has 0 aromatic heterocycles. The van der Waals surface area contributed by atoms with Crippen LogP contribution in [0.1, 0.15) is 46.7 Å². The van der Waals surface area contributed by atoms with Crippen LogP contribution in [0, 0.1) is 12.8 Å². The van der Waals surface area contributed by atoms with Crippen molar-refractivity contribution in [3.05, 3.63) is 59.2 Å². The number of methoxy groups -OCH3 is 2. The van der Waals surface area contributed by atoms with Crippen LogP contribution in [0.15, 0.2) is 42.5 Å². The van der Waals surface area contributed by atoms with E-state index in [4.69, 9.17) is 18.9 Å². The van der Waals surface area contributed by atoms with Crippen LogP contribution >= 0.6 is 0 Å². The fourth-order valence-electron chi connectivity index (χ4n) is 3.86. The van der Waals surface area contributed by atoms with E-state index < -0.39 is 0 Å². The highest BCUT2D eigenvalue weighted by molar-refractivity contribution is 5.98. The maximum Gasteiger partial charge on any atom is 0.188 e. The maximum atomic E-state index is 13.2. The van der Waals surface area contributed by atoms with Gasteiger partial charge in [-0.25, -0.2) is 0 Å². The van der Waals surface area contributed by atoms with Gasteiger partial charge in [-0.05, 0) is 43.9 Å². The Morgan fingerprint density at radius 3 is 2.39 bits per heavy atom. The van der Waals surface area contributed by atoms with E-state index in [0.717, 1.165) is 41.7 Å². The van der Waals surface area contributed by atoms with Crippen LogP contribution in [0.3, 0.4) is 0 Å². The lowest BCUT2D eigenvalue weighted by atomic mass is 9.83. The molecule has 0 heterocycles. The summed E-state index contributed by atoms with van der Waals surface area (Å²) in [6, 6.07) is 13.5. The highest BCUT2D eigenvalue weighted by Gasteiger charge is 2.36. The summed E-state index contributed by atoms with van der Waals surface area (Å²) in [5.41, 5.74) is 2.92. The van der Waals surface area contributed by atoms with E-state index in [2.05, 4.69) is 0 Å². The van der Waals surface area contributed by atoms with E-state index in [1.165, 1.54) is 0 Å². The molecule has 150 valence electrons. The van der Waals surface area contributed by atoms with E-state index in [9.17, 15) is 4.79 Å². The van der Waals surface area contributed by atoms with Gasteiger partial charge in [-0.15, -0.1) is 0 Å². The average molecular weight is 384 g/mol. The predicted molar refractivity (Wildman–Crippen MR) is 107 cm³/mol. The Hall–Kier alpha value is -2.37. The van der Waals surface area contributed by atoms with E-state index in [1.807, 2.05) is 49.4 Å². The molecule has 0 bridgehead atoms. The van der Waals surface area contributed by atoms with Crippen LogP contribution in [0.4, 0.5) is 0 Å². The zero-order valence-electron chi connectivity index (χ0n) is 16.8. The van der Waals surface area contributed by atoms with Crippen molar-refractivity contribution in [2.24, 2.45) is 5.92 Å². The van der Waals surface area contributed by atoms with Gasteiger partial charge in [-0.3, -0.25) is 4.79 Å². The van der Waals surface area contributed by atoms with Crippen LogP contribution < -0.4 is 9.47 Å². The lowest BCUT2D eigenvalue weighted by Crippen LogP contribution is -2.19. The van der Waals surface area contributed by atoms with Crippen molar-refractivity contribution in [2.45, 2.75) is 32.1 Å². The topological polar surface area (TPSA) is 54.0 Å². The summed E-state index contributed by atoms with van der Waals surface area (Å²) in [6.45, 7) is 2.36. The molecule has 2 aromatic rings. The maximum absolute atomic E-state index is 13.2. The normalized spacial score (nSPS) is 18.8. The van der Waals surface area contributed by atoms with E-state index in [1.54, 1.807) is 14.2 Å². The van der Waals surface area contributed by atoms with Gasteiger partial charge in [0, 0.05) is 31.3 Å². The molecular formula is C23H28O5. The predicted octanol–water partition coefficient (Wildman–Crippen LogP) is 4.73. The first-order valence-electron chi connectivity index (χ1n) is 9.62. The van der Waals surface area contributed by atoms with Crippen LogP contribution in [0.5, 0.6) is 11.5 Å². The number of carbonyl (C=O) groups excluding carboxylic acids is 1. The third-order valence-corrected chi connectivity index (χ3v) is 5.25. The molecule has 1 fully saturated rings. The van der Waals surface area contributed by atoms with E-state index in [0.29, 0.717) is 5.75 Å². The molecule has 0 radical (unpaired) electrons. The van der Waals surface area contributed by atoms with Crippen LogP contribution in [-0.4, -0.2) is 33.6 Å².